The minimum atomic E-state index is 0.0584. The predicted octanol–water partition coefficient (Wildman–Crippen LogP) is 15.5. The van der Waals surface area contributed by atoms with Crippen LogP contribution in [0, 0.1) is 23.7 Å². The van der Waals surface area contributed by atoms with Gasteiger partial charge in [-0.1, -0.05) is 130 Å². The van der Waals surface area contributed by atoms with Crippen LogP contribution in [0.25, 0.3) is 22.3 Å². The van der Waals surface area contributed by atoms with Crippen molar-refractivity contribution in [3.63, 3.8) is 0 Å². The van der Waals surface area contributed by atoms with Crippen LogP contribution in [-0.2, 0) is 27.1 Å². The molecule has 0 atom stereocenters. The first-order valence-corrected chi connectivity index (χ1v) is 22.4. The van der Waals surface area contributed by atoms with E-state index < -0.39 is 0 Å². The van der Waals surface area contributed by atoms with Gasteiger partial charge in [0.15, 0.2) is 0 Å². The zero-order valence-electron chi connectivity index (χ0n) is 36.5. The van der Waals surface area contributed by atoms with Gasteiger partial charge in [-0.15, -0.1) is 0 Å². The van der Waals surface area contributed by atoms with Crippen molar-refractivity contribution in [2.45, 2.75) is 141 Å². The molecule has 6 aliphatic carbocycles. The molecular formula is C56H65N. The Labute approximate surface area is 344 Å². The van der Waals surface area contributed by atoms with Gasteiger partial charge < -0.3 is 4.90 Å². The Morgan fingerprint density at radius 2 is 0.965 bits per heavy atom. The van der Waals surface area contributed by atoms with Crippen molar-refractivity contribution < 1.29 is 0 Å². The van der Waals surface area contributed by atoms with Gasteiger partial charge in [-0.3, -0.25) is 0 Å². The summed E-state index contributed by atoms with van der Waals surface area (Å²) in [5.74, 6) is 3.20. The fourth-order valence-electron chi connectivity index (χ4n) is 12.9. The third-order valence-electron chi connectivity index (χ3n) is 16.0. The van der Waals surface area contributed by atoms with Gasteiger partial charge in [-0.2, -0.15) is 0 Å². The normalized spacial score (nSPS) is 26.3. The smallest absolute Gasteiger partial charge is 0.0465 e. The van der Waals surface area contributed by atoms with Crippen LogP contribution in [0.2, 0.25) is 0 Å². The number of benzene rings is 5. The highest BCUT2D eigenvalue weighted by Gasteiger charge is 2.61. The number of rotatable bonds is 4. The van der Waals surface area contributed by atoms with E-state index >= 15 is 0 Å². The van der Waals surface area contributed by atoms with Gasteiger partial charge in [0, 0.05) is 22.5 Å². The van der Waals surface area contributed by atoms with E-state index in [0.717, 1.165) is 11.8 Å². The summed E-state index contributed by atoms with van der Waals surface area (Å²) in [6, 6.07) is 41.4. The number of para-hydroxylation sites is 1. The van der Waals surface area contributed by atoms with E-state index in [-0.39, 0.29) is 27.1 Å². The molecule has 6 aliphatic rings. The average molecular weight is 752 g/mol. The highest BCUT2D eigenvalue weighted by Crippen LogP contribution is 2.70. The molecule has 0 heterocycles. The van der Waals surface area contributed by atoms with Crippen molar-refractivity contribution in [2.24, 2.45) is 23.7 Å². The summed E-state index contributed by atoms with van der Waals surface area (Å²) in [4.78, 5) is 2.57. The molecule has 0 radical (unpaired) electrons. The Balaban J connectivity index is 1.17. The first-order chi connectivity index (χ1) is 26.9. The lowest BCUT2D eigenvalue weighted by atomic mass is 9.43. The third kappa shape index (κ3) is 5.75. The van der Waals surface area contributed by atoms with Crippen LogP contribution < -0.4 is 4.90 Å². The van der Waals surface area contributed by atoms with Gasteiger partial charge >= 0.3 is 0 Å². The molecular weight excluding hydrogens is 687 g/mol. The van der Waals surface area contributed by atoms with Gasteiger partial charge in [-0.25, -0.2) is 0 Å². The largest absolute Gasteiger partial charge is 0.310 e. The Morgan fingerprint density at radius 1 is 0.456 bits per heavy atom. The van der Waals surface area contributed by atoms with E-state index in [2.05, 4.69) is 177 Å². The molecule has 0 amide bonds. The Morgan fingerprint density at radius 3 is 1.54 bits per heavy atom. The van der Waals surface area contributed by atoms with Gasteiger partial charge in [0.1, 0.15) is 0 Å². The van der Waals surface area contributed by atoms with Crippen molar-refractivity contribution in [2.75, 3.05) is 4.90 Å². The van der Waals surface area contributed by atoms with Crippen molar-refractivity contribution in [1.29, 1.82) is 0 Å². The highest BCUT2D eigenvalue weighted by atomic mass is 15.1. The molecule has 0 aliphatic heterocycles. The first kappa shape index (κ1) is 37.2. The maximum Gasteiger partial charge on any atom is 0.0465 e. The molecule has 0 saturated heterocycles. The minimum Gasteiger partial charge on any atom is -0.310 e. The van der Waals surface area contributed by atoms with Crippen molar-refractivity contribution >= 4 is 17.1 Å². The first-order valence-electron chi connectivity index (χ1n) is 22.4. The number of nitrogens with zero attached hydrogens (tertiary/aromatic N) is 1. The van der Waals surface area contributed by atoms with Crippen LogP contribution in [-0.4, -0.2) is 0 Å². The minimum absolute atomic E-state index is 0.0584. The summed E-state index contributed by atoms with van der Waals surface area (Å²) in [7, 11) is 0. The summed E-state index contributed by atoms with van der Waals surface area (Å²) in [5, 5.41) is 0. The lowest BCUT2D eigenvalue weighted by Gasteiger charge is -2.61. The van der Waals surface area contributed by atoms with E-state index in [0.29, 0.717) is 11.8 Å². The molecule has 4 saturated carbocycles. The van der Waals surface area contributed by atoms with Crippen LogP contribution in [0.3, 0.4) is 0 Å². The Kier molecular flexibility index (Phi) is 8.13. The standard InChI is InChI=1S/C56H65N/c1-52(2,3)39-29-38(30-40(32-39)53(4,5)6)37-16-19-46-47-20-17-44(33-50(47)56(49(46)31-37)41-25-35-24-36(27-41)28-42(56)26-35)57(43-14-12-11-13-15-43)45-18-21-48-51(34-45)55(9,10)23-22-54(48,7)8/h11-21,29-36,41-42H,22-28H2,1-10H3. The zero-order chi connectivity index (χ0) is 39.9. The molecule has 1 heteroatoms. The monoisotopic (exact) mass is 752 g/mol. The molecule has 0 aromatic heterocycles. The van der Waals surface area contributed by atoms with Crippen molar-refractivity contribution in [3.05, 3.63) is 137 Å². The average Bonchev–Trinajstić information content (AvgIpc) is 3.44. The van der Waals surface area contributed by atoms with E-state index in [1.165, 1.54) is 107 Å². The van der Waals surface area contributed by atoms with Crippen LogP contribution in [0.4, 0.5) is 17.1 Å². The summed E-state index contributed by atoms with van der Waals surface area (Å²) in [6.07, 6.45) is 9.43. The van der Waals surface area contributed by atoms with Gasteiger partial charge in [0.2, 0.25) is 0 Å². The predicted molar refractivity (Wildman–Crippen MR) is 243 cm³/mol. The summed E-state index contributed by atoms with van der Waals surface area (Å²) in [6.45, 7) is 24.0. The number of hydrogen-bond donors (Lipinski definition) is 0. The van der Waals surface area contributed by atoms with Gasteiger partial charge in [0.25, 0.3) is 0 Å². The van der Waals surface area contributed by atoms with Crippen LogP contribution >= 0.6 is 0 Å². The fraction of sp³-hybridized carbons (Fsp3) is 0.464. The molecule has 1 nitrogen and oxygen atoms in total. The molecule has 4 bridgehead atoms. The molecule has 0 N–H and O–H groups in total. The van der Waals surface area contributed by atoms with E-state index in [1.807, 2.05) is 0 Å². The quantitative estimate of drug-likeness (QED) is 0.177. The van der Waals surface area contributed by atoms with Crippen LogP contribution in [0.5, 0.6) is 0 Å². The zero-order valence-corrected chi connectivity index (χ0v) is 36.5. The molecule has 1 spiro atoms. The summed E-state index contributed by atoms with van der Waals surface area (Å²) < 4.78 is 0. The number of anilines is 3. The molecule has 57 heavy (non-hydrogen) atoms. The molecule has 0 unspecified atom stereocenters. The Bertz CT molecular complexity index is 2330. The maximum atomic E-state index is 2.69. The lowest BCUT2D eigenvalue weighted by Crippen LogP contribution is -2.55. The molecule has 11 rings (SSSR count). The van der Waals surface area contributed by atoms with Gasteiger partial charge in [-0.05, 0) is 188 Å². The molecule has 5 aromatic carbocycles. The van der Waals surface area contributed by atoms with Crippen LogP contribution in [0.15, 0.2) is 103 Å². The molecule has 294 valence electrons. The van der Waals surface area contributed by atoms with E-state index in [9.17, 15) is 0 Å². The second-order valence-electron chi connectivity index (χ2n) is 22.6. The molecule has 4 fully saturated rings. The second-order valence-corrected chi connectivity index (χ2v) is 22.6. The summed E-state index contributed by atoms with van der Waals surface area (Å²) >= 11 is 0. The fourth-order valence-corrected chi connectivity index (χ4v) is 12.9. The van der Waals surface area contributed by atoms with E-state index in [1.54, 1.807) is 11.1 Å². The third-order valence-corrected chi connectivity index (χ3v) is 16.0. The summed E-state index contributed by atoms with van der Waals surface area (Å²) in [5.41, 5.74) is 19.2. The van der Waals surface area contributed by atoms with Crippen LogP contribution in [0.1, 0.15) is 148 Å². The topological polar surface area (TPSA) is 3.24 Å². The number of hydrogen-bond acceptors (Lipinski definition) is 1. The van der Waals surface area contributed by atoms with Gasteiger partial charge in [0.05, 0.1) is 0 Å². The van der Waals surface area contributed by atoms with E-state index in [4.69, 9.17) is 0 Å². The maximum absolute atomic E-state index is 2.69. The van der Waals surface area contributed by atoms with Crippen molar-refractivity contribution in [1.82, 2.24) is 0 Å². The highest BCUT2D eigenvalue weighted by molar-refractivity contribution is 5.88. The number of fused-ring (bicyclic) bond motifs is 4. The lowest BCUT2D eigenvalue weighted by molar-refractivity contribution is -0.0399. The van der Waals surface area contributed by atoms with Crippen molar-refractivity contribution in [3.8, 4) is 22.3 Å². The molecule has 5 aromatic rings. The second kappa shape index (κ2) is 12.5. The SMILES string of the molecule is CC(C)(C)c1cc(-c2ccc3c(c2)C2(c4cc(N(c5ccccc5)c5ccc6c(c5)C(C)(C)CCC6(C)C)ccc4-3)C3CC4CC(C3)CC2C4)cc(C(C)(C)C)c1. The Hall–Kier alpha value is -4.10.